The van der Waals surface area contributed by atoms with E-state index in [9.17, 15) is 4.79 Å². The highest BCUT2D eigenvalue weighted by molar-refractivity contribution is 7.15. The van der Waals surface area contributed by atoms with Crippen LogP contribution in [0.4, 0.5) is 0 Å². The molecule has 1 nitrogen and oxygen atoms in total. The molecule has 0 radical (unpaired) electrons. The van der Waals surface area contributed by atoms with E-state index in [1.807, 2.05) is 37.3 Å². The standard InChI is InChI=1S/C20H18OS/c1-15-7-9-16(10-8-15)19(21)13-11-18-12-14-20(22-18)17-5-3-2-4-6-17/h2-10,12,14H,11,13H2,1H3. The second-order valence-corrected chi connectivity index (χ2v) is 6.59. The summed E-state index contributed by atoms with van der Waals surface area (Å²) in [5.74, 6) is 0.217. The molecule has 0 aliphatic carbocycles. The van der Waals surface area contributed by atoms with Crippen LogP contribution >= 0.6 is 11.3 Å². The number of benzene rings is 2. The van der Waals surface area contributed by atoms with E-state index in [-0.39, 0.29) is 5.78 Å². The van der Waals surface area contributed by atoms with E-state index in [0.29, 0.717) is 6.42 Å². The Morgan fingerprint density at radius 3 is 2.36 bits per heavy atom. The molecule has 3 aromatic rings. The van der Waals surface area contributed by atoms with E-state index >= 15 is 0 Å². The van der Waals surface area contributed by atoms with Crippen molar-refractivity contribution < 1.29 is 4.79 Å². The zero-order chi connectivity index (χ0) is 15.4. The molecular weight excluding hydrogens is 288 g/mol. The molecule has 1 aromatic heterocycles. The molecule has 1 heterocycles. The van der Waals surface area contributed by atoms with E-state index in [0.717, 1.165) is 12.0 Å². The van der Waals surface area contributed by atoms with Gasteiger partial charge in [0.1, 0.15) is 0 Å². The van der Waals surface area contributed by atoms with Gasteiger partial charge in [-0.05, 0) is 31.0 Å². The maximum absolute atomic E-state index is 12.2. The zero-order valence-electron chi connectivity index (χ0n) is 12.6. The lowest BCUT2D eigenvalue weighted by Gasteiger charge is -2.01. The van der Waals surface area contributed by atoms with Crippen molar-refractivity contribution in [1.29, 1.82) is 0 Å². The zero-order valence-corrected chi connectivity index (χ0v) is 13.4. The van der Waals surface area contributed by atoms with Crippen molar-refractivity contribution in [2.75, 3.05) is 0 Å². The quantitative estimate of drug-likeness (QED) is 0.566. The van der Waals surface area contributed by atoms with Gasteiger partial charge in [0.15, 0.2) is 5.78 Å². The smallest absolute Gasteiger partial charge is 0.163 e. The normalized spacial score (nSPS) is 10.6. The van der Waals surface area contributed by atoms with Crippen LogP contribution in [0.3, 0.4) is 0 Å². The third-order valence-electron chi connectivity index (χ3n) is 3.69. The van der Waals surface area contributed by atoms with Gasteiger partial charge in [-0.3, -0.25) is 4.79 Å². The Morgan fingerprint density at radius 1 is 0.909 bits per heavy atom. The molecular formula is C20H18OS. The number of carbonyl (C=O) groups excluding carboxylic acids is 1. The van der Waals surface area contributed by atoms with Crippen molar-refractivity contribution in [2.24, 2.45) is 0 Å². The van der Waals surface area contributed by atoms with Gasteiger partial charge >= 0.3 is 0 Å². The first kappa shape index (κ1) is 14.7. The van der Waals surface area contributed by atoms with Gasteiger partial charge in [0, 0.05) is 21.7 Å². The fourth-order valence-corrected chi connectivity index (χ4v) is 3.40. The maximum atomic E-state index is 12.2. The van der Waals surface area contributed by atoms with Crippen LogP contribution in [0, 0.1) is 6.92 Å². The molecule has 0 fully saturated rings. The summed E-state index contributed by atoms with van der Waals surface area (Å²) in [4.78, 5) is 14.7. The van der Waals surface area contributed by atoms with E-state index in [1.54, 1.807) is 11.3 Å². The minimum absolute atomic E-state index is 0.217. The molecule has 0 spiro atoms. The summed E-state index contributed by atoms with van der Waals surface area (Å²) in [6, 6.07) is 22.5. The van der Waals surface area contributed by atoms with Gasteiger partial charge in [-0.1, -0.05) is 60.2 Å². The lowest BCUT2D eigenvalue weighted by atomic mass is 10.0. The molecule has 0 aliphatic rings. The van der Waals surface area contributed by atoms with Gasteiger partial charge in [-0.15, -0.1) is 11.3 Å². The third-order valence-corrected chi connectivity index (χ3v) is 4.89. The molecule has 0 bridgehead atoms. The SMILES string of the molecule is Cc1ccc(C(=O)CCc2ccc(-c3ccccc3)s2)cc1. The monoisotopic (exact) mass is 306 g/mol. The van der Waals surface area contributed by atoms with Gasteiger partial charge in [0.05, 0.1) is 0 Å². The number of Topliss-reactive ketones (excluding diaryl/α,β-unsaturated/α-hetero) is 1. The molecule has 2 heteroatoms. The van der Waals surface area contributed by atoms with E-state index in [4.69, 9.17) is 0 Å². The number of rotatable bonds is 5. The summed E-state index contributed by atoms with van der Waals surface area (Å²) in [6.07, 6.45) is 1.38. The highest BCUT2D eigenvalue weighted by Crippen LogP contribution is 2.28. The van der Waals surface area contributed by atoms with Crippen LogP contribution in [0.25, 0.3) is 10.4 Å². The number of carbonyl (C=O) groups is 1. The number of ketones is 1. The Hall–Kier alpha value is -2.19. The largest absolute Gasteiger partial charge is 0.294 e. The summed E-state index contributed by atoms with van der Waals surface area (Å²) in [5, 5.41) is 0. The highest BCUT2D eigenvalue weighted by atomic mass is 32.1. The molecule has 3 rings (SSSR count). The third kappa shape index (κ3) is 3.52. The number of hydrogen-bond acceptors (Lipinski definition) is 2. The van der Waals surface area contributed by atoms with Crippen LogP contribution in [0.5, 0.6) is 0 Å². The number of hydrogen-bond donors (Lipinski definition) is 0. The molecule has 2 aromatic carbocycles. The first-order valence-corrected chi connectivity index (χ1v) is 8.28. The Balaban J connectivity index is 1.64. The minimum Gasteiger partial charge on any atom is -0.294 e. The van der Waals surface area contributed by atoms with Crippen LogP contribution in [-0.2, 0) is 6.42 Å². The van der Waals surface area contributed by atoms with Crippen molar-refractivity contribution in [3.05, 3.63) is 82.7 Å². The predicted octanol–water partition coefficient (Wildman–Crippen LogP) is 5.54. The van der Waals surface area contributed by atoms with Crippen molar-refractivity contribution >= 4 is 17.1 Å². The second kappa shape index (κ2) is 6.71. The minimum atomic E-state index is 0.217. The lowest BCUT2D eigenvalue weighted by Crippen LogP contribution is -2.00. The summed E-state index contributed by atoms with van der Waals surface area (Å²) in [6.45, 7) is 2.03. The predicted molar refractivity (Wildman–Crippen MR) is 93.6 cm³/mol. The number of aryl methyl sites for hydroxylation is 2. The van der Waals surface area contributed by atoms with E-state index < -0.39 is 0 Å². The first-order chi connectivity index (χ1) is 10.7. The lowest BCUT2D eigenvalue weighted by molar-refractivity contribution is 0.0983. The van der Waals surface area contributed by atoms with Gasteiger partial charge in [-0.25, -0.2) is 0 Å². The molecule has 0 amide bonds. The van der Waals surface area contributed by atoms with Crippen molar-refractivity contribution in [3.8, 4) is 10.4 Å². The van der Waals surface area contributed by atoms with Gasteiger partial charge < -0.3 is 0 Å². The highest BCUT2D eigenvalue weighted by Gasteiger charge is 2.08. The second-order valence-electron chi connectivity index (χ2n) is 5.42. The summed E-state index contributed by atoms with van der Waals surface area (Å²) >= 11 is 1.77. The van der Waals surface area contributed by atoms with E-state index in [1.165, 1.54) is 20.9 Å². The molecule has 110 valence electrons. The molecule has 0 saturated carbocycles. The Bertz CT molecular complexity index is 754. The maximum Gasteiger partial charge on any atom is 0.163 e. The van der Waals surface area contributed by atoms with E-state index in [2.05, 4.69) is 36.4 Å². The summed E-state index contributed by atoms with van der Waals surface area (Å²) in [5.41, 5.74) is 3.23. The van der Waals surface area contributed by atoms with Crippen LogP contribution in [0.2, 0.25) is 0 Å². The average Bonchev–Trinajstić information content (AvgIpc) is 3.03. The van der Waals surface area contributed by atoms with Crippen LogP contribution in [-0.4, -0.2) is 5.78 Å². The van der Waals surface area contributed by atoms with Crippen LogP contribution in [0.1, 0.15) is 27.2 Å². The first-order valence-electron chi connectivity index (χ1n) is 7.46. The average molecular weight is 306 g/mol. The Morgan fingerprint density at radius 2 is 1.64 bits per heavy atom. The van der Waals surface area contributed by atoms with Gasteiger partial charge in [-0.2, -0.15) is 0 Å². The van der Waals surface area contributed by atoms with Crippen molar-refractivity contribution in [3.63, 3.8) is 0 Å². The molecule has 0 aliphatic heterocycles. The molecule has 0 saturated heterocycles. The topological polar surface area (TPSA) is 17.1 Å². The number of thiophene rings is 1. The molecule has 22 heavy (non-hydrogen) atoms. The van der Waals surface area contributed by atoms with Crippen LogP contribution in [0.15, 0.2) is 66.7 Å². The Kier molecular flexibility index (Phi) is 4.50. The van der Waals surface area contributed by atoms with Crippen molar-refractivity contribution in [2.45, 2.75) is 19.8 Å². The molecule has 0 atom stereocenters. The Labute approximate surface area is 135 Å². The summed E-state index contributed by atoms with van der Waals surface area (Å²) < 4.78 is 0. The molecule has 0 N–H and O–H groups in total. The van der Waals surface area contributed by atoms with Gasteiger partial charge in [0.2, 0.25) is 0 Å². The van der Waals surface area contributed by atoms with Crippen molar-refractivity contribution in [1.82, 2.24) is 0 Å². The molecule has 0 unspecified atom stereocenters. The summed E-state index contributed by atoms with van der Waals surface area (Å²) in [7, 11) is 0. The fourth-order valence-electron chi connectivity index (χ4n) is 2.39. The fraction of sp³-hybridized carbons (Fsp3) is 0.150. The van der Waals surface area contributed by atoms with Crippen LogP contribution < -0.4 is 0 Å². The van der Waals surface area contributed by atoms with Gasteiger partial charge in [0.25, 0.3) is 0 Å².